The third-order valence-electron chi connectivity index (χ3n) is 2.39. The van der Waals surface area contributed by atoms with E-state index in [9.17, 15) is 4.79 Å². The second-order valence-corrected chi connectivity index (χ2v) is 3.69. The van der Waals surface area contributed by atoms with Gasteiger partial charge in [-0.2, -0.15) is 0 Å². The minimum Gasteiger partial charge on any atom is -0.295 e. The van der Waals surface area contributed by atoms with Crippen molar-refractivity contribution in [1.29, 1.82) is 0 Å². The van der Waals surface area contributed by atoms with Crippen molar-refractivity contribution in [2.45, 2.75) is 6.92 Å². The van der Waals surface area contributed by atoms with Gasteiger partial charge in [-0.05, 0) is 31.5 Å². The summed E-state index contributed by atoms with van der Waals surface area (Å²) in [4.78, 5) is 15.5. The monoisotopic (exact) mass is 210 g/mol. The molecule has 0 aliphatic heterocycles. The van der Waals surface area contributed by atoms with Gasteiger partial charge in [0.15, 0.2) is 5.78 Å². The first-order chi connectivity index (χ1) is 7.66. The van der Waals surface area contributed by atoms with Crippen LogP contribution in [0.2, 0.25) is 0 Å². The fourth-order valence-corrected chi connectivity index (χ4v) is 1.49. The van der Waals surface area contributed by atoms with Gasteiger partial charge >= 0.3 is 0 Å². The van der Waals surface area contributed by atoms with Crippen LogP contribution in [0.1, 0.15) is 22.8 Å². The number of hydrogen-bond donors (Lipinski definition) is 0. The number of carbonyl (C=O) groups excluding carboxylic acids is 1. The van der Waals surface area contributed by atoms with Crippen LogP contribution >= 0.6 is 0 Å². The van der Waals surface area contributed by atoms with Crippen molar-refractivity contribution in [3.63, 3.8) is 0 Å². The fourth-order valence-electron chi connectivity index (χ4n) is 1.49. The van der Waals surface area contributed by atoms with Crippen LogP contribution in [-0.4, -0.2) is 10.8 Å². The van der Waals surface area contributed by atoms with Crippen molar-refractivity contribution in [1.82, 2.24) is 4.98 Å². The molecule has 1 aromatic carbocycles. The Morgan fingerprint density at radius 2 is 2.06 bits per heavy atom. The summed E-state index contributed by atoms with van der Waals surface area (Å²) in [6.07, 6.45) is 1.72. The molecule has 0 saturated heterocycles. The van der Waals surface area contributed by atoms with Gasteiger partial charge in [-0.25, -0.2) is 0 Å². The number of nitrogens with zero attached hydrogens (tertiary/aromatic N) is 1. The summed E-state index contributed by atoms with van der Waals surface area (Å²) in [5.74, 6) is 0.0654. The first-order valence-electron chi connectivity index (χ1n) is 5.06. The molecule has 0 saturated carbocycles. The number of carbonyl (C=O) groups is 1. The molecule has 2 heteroatoms. The van der Waals surface area contributed by atoms with Crippen molar-refractivity contribution >= 4 is 5.78 Å². The van der Waals surface area contributed by atoms with Gasteiger partial charge in [-0.3, -0.25) is 9.78 Å². The van der Waals surface area contributed by atoms with E-state index in [2.05, 4.69) is 11.9 Å². The first kappa shape index (κ1) is 10.6. The Morgan fingerprint density at radius 3 is 2.69 bits per heavy atom. The Bertz CT molecular complexity index is 515. The van der Waals surface area contributed by atoms with E-state index in [4.69, 9.17) is 0 Å². The molecule has 79 valence electrons. The van der Waals surface area contributed by atoms with Crippen molar-refractivity contribution in [3.8, 4) is 11.3 Å². The van der Waals surface area contributed by atoms with E-state index < -0.39 is 0 Å². The zero-order valence-electron chi connectivity index (χ0n) is 9.10. The van der Waals surface area contributed by atoms with Gasteiger partial charge < -0.3 is 0 Å². The number of aromatic nitrogens is 1. The molecule has 0 fully saturated rings. The molecular weight excluding hydrogens is 198 g/mol. The Morgan fingerprint density at radius 1 is 1.25 bits per heavy atom. The Hall–Kier alpha value is -1.96. The molecule has 2 aromatic rings. The number of ketones is 1. The Kier molecular flexibility index (Phi) is 2.82. The molecule has 0 atom stereocenters. The van der Waals surface area contributed by atoms with Crippen molar-refractivity contribution < 1.29 is 4.79 Å². The molecule has 1 aromatic heterocycles. The van der Waals surface area contributed by atoms with E-state index in [0.29, 0.717) is 5.56 Å². The zero-order chi connectivity index (χ0) is 11.5. The average Bonchev–Trinajstić information content (AvgIpc) is 2.30. The molecule has 0 bridgehead atoms. The highest BCUT2D eigenvalue weighted by Crippen LogP contribution is 2.18. The van der Waals surface area contributed by atoms with Crippen LogP contribution < -0.4 is 0 Å². The summed E-state index contributed by atoms with van der Waals surface area (Å²) in [5, 5.41) is 0. The second-order valence-electron chi connectivity index (χ2n) is 3.69. The van der Waals surface area contributed by atoms with Gasteiger partial charge in [0.1, 0.15) is 0 Å². The van der Waals surface area contributed by atoms with Gasteiger partial charge in [0.25, 0.3) is 0 Å². The average molecular weight is 210 g/mol. The lowest BCUT2D eigenvalue weighted by atomic mass is 10.1. The van der Waals surface area contributed by atoms with Gasteiger partial charge in [0.05, 0.1) is 5.69 Å². The van der Waals surface area contributed by atoms with Gasteiger partial charge in [0.2, 0.25) is 0 Å². The maximum absolute atomic E-state index is 11.3. The summed E-state index contributed by atoms with van der Waals surface area (Å²) in [5.41, 5.74) is 3.40. The molecule has 2 nitrogen and oxygen atoms in total. The van der Waals surface area contributed by atoms with E-state index in [0.717, 1.165) is 16.8 Å². The molecule has 2 rings (SSSR count). The predicted molar refractivity (Wildman–Crippen MR) is 64.1 cm³/mol. The summed E-state index contributed by atoms with van der Waals surface area (Å²) < 4.78 is 0. The van der Waals surface area contributed by atoms with E-state index >= 15 is 0 Å². The maximum Gasteiger partial charge on any atom is 0.159 e. The maximum atomic E-state index is 11.3. The molecule has 0 N–H and O–H groups in total. The van der Waals surface area contributed by atoms with Gasteiger partial charge in [0, 0.05) is 17.3 Å². The summed E-state index contributed by atoms with van der Waals surface area (Å²) in [7, 11) is 0. The largest absolute Gasteiger partial charge is 0.295 e. The lowest BCUT2D eigenvalue weighted by Crippen LogP contribution is -1.92. The molecule has 0 aliphatic carbocycles. The van der Waals surface area contributed by atoms with Crippen molar-refractivity contribution in [3.05, 3.63) is 60.6 Å². The quantitative estimate of drug-likeness (QED) is 0.713. The highest BCUT2D eigenvalue weighted by molar-refractivity contribution is 5.95. The number of Topliss-reactive ketones (excluding diaryl/α,β-unsaturated/α-hetero) is 1. The number of rotatable bonds is 2. The van der Waals surface area contributed by atoms with E-state index in [-0.39, 0.29) is 5.78 Å². The van der Waals surface area contributed by atoms with Crippen LogP contribution in [0.4, 0.5) is 0 Å². The van der Waals surface area contributed by atoms with E-state index in [1.165, 1.54) is 0 Å². The van der Waals surface area contributed by atoms with Crippen molar-refractivity contribution in [2.24, 2.45) is 0 Å². The van der Waals surface area contributed by atoms with E-state index in [1.807, 2.05) is 36.4 Å². The third kappa shape index (κ3) is 2.16. The van der Waals surface area contributed by atoms with Crippen LogP contribution in [0.25, 0.3) is 11.3 Å². The van der Waals surface area contributed by atoms with Gasteiger partial charge in [-0.15, -0.1) is 0 Å². The highest BCUT2D eigenvalue weighted by Gasteiger charge is 2.03. The minimum atomic E-state index is 0.0654. The normalized spacial score (nSPS) is 10.1. The molecular formula is C14H12NO. The molecule has 0 amide bonds. The van der Waals surface area contributed by atoms with Crippen LogP contribution in [0.3, 0.4) is 0 Å². The third-order valence-corrected chi connectivity index (χ3v) is 2.39. The summed E-state index contributed by atoms with van der Waals surface area (Å²) >= 11 is 0. The van der Waals surface area contributed by atoms with Crippen molar-refractivity contribution in [2.75, 3.05) is 0 Å². The predicted octanol–water partition coefficient (Wildman–Crippen LogP) is 3.13. The zero-order valence-corrected chi connectivity index (χ0v) is 9.10. The highest BCUT2D eigenvalue weighted by atomic mass is 16.1. The number of benzene rings is 1. The van der Waals surface area contributed by atoms with Crippen LogP contribution in [-0.2, 0) is 0 Å². The second kappa shape index (κ2) is 4.27. The van der Waals surface area contributed by atoms with Crippen LogP contribution in [0.5, 0.6) is 0 Å². The molecule has 1 heterocycles. The summed E-state index contributed by atoms with van der Waals surface area (Å²) in [6.45, 7) is 5.35. The molecule has 0 unspecified atom stereocenters. The molecule has 16 heavy (non-hydrogen) atoms. The molecule has 0 spiro atoms. The smallest absolute Gasteiger partial charge is 0.159 e. The first-order valence-corrected chi connectivity index (χ1v) is 5.06. The molecule has 0 aliphatic rings. The SMILES string of the molecule is [CH2]c1ccc(-c2cccc(C(C)=O)c2)nc1. The van der Waals surface area contributed by atoms with E-state index in [1.54, 1.807) is 13.1 Å². The van der Waals surface area contributed by atoms with Crippen LogP contribution in [0.15, 0.2) is 42.6 Å². The lowest BCUT2D eigenvalue weighted by Gasteiger charge is -2.02. The fraction of sp³-hybridized carbons (Fsp3) is 0.0714. The van der Waals surface area contributed by atoms with Crippen LogP contribution in [0, 0.1) is 6.92 Å². The number of pyridine rings is 1. The number of hydrogen-bond acceptors (Lipinski definition) is 2. The Labute approximate surface area is 95.0 Å². The molecule has 1 radical (unpaired) electrons. The van der Waals surface area contributed by atoms with Gasteiger partial charge in [-0.1, -0.05) is 24.3 Å². The summed E-state index contributed by atoms with van der Waals surface area (Å²) in [6, 6.07) is 11.3. The standard InChI is InChI=1S/C14H12NO/c1-10-6-7-14(15-9-10)13-5-3-4-12(8-13)11(2)16/h3-9H,1H2,2H3. The Balaban J connectivity index is 2.44. The lowest BCUT2D eigenvalue weighted by molar-refractivity contribution is 0.101. The topological polar surface area (TPSA) is 30.0 Å². The minimum absolute atomic E-state index is 0.0654.